The third kappa shape index (κ3) is 4.41. The molecule has 0 fully saturated rings. The number of fused-ring (bicyclic) bond motifs is 1. The highest BCUT2D eigenvalue weighted by atomic mass is 32.2. The zero-order valence-corrected chi connectivity index (χ0v) is 17.8. The molecule has 0 saturated heterocycles. The van der Waals surface area contributed by atoms with Crippen molar-refractivity contribution in [3.8, 4) is 0 Å². The van der Waals surface area contributed by atoms with E-state index in [0.717, 1.165) is 10.9 Å². The summed E-state index contributed by atoms with van der Waals surface area (Å²) < 4.78 is 34.1. The maximum absolute atomic E-state index is 12.5. The molecule has 3 N–H and O–H groups in total. The van der Waals surface area contributed by atoms with Crippen molar-refractivity contribution in [2.75, 3.05) is 0 Å². The van der Waals surface area contributed by atoms with Crippen LogP contribution in [-0.2, 0) is 23.6 Å². The van der Waals surface area contributed by atoms with Crippen LogP contribution in [0.3, 0.4) is 0 Å². The molecule has 0 spiro atoms. The second-order valence-electron chi connectivity index (χ2n) is 7.01. The topological polar surface area (TPSA) is 122 Å². The molecule has 0 aliphatic carbocycles. The van der Waals surface area contributed by atoms with Gasteiger partial charge in [-0.3, -0.25) is 20.4 Å². The van der Waals surface area contributed by atoms with Crippen LogP contribution in [-0.4, -0.2) is 24.8 Å². The second-order valence-corrected chi connectivity index (χ2v) is 8.77. The van der Waals surface area contributed by atoms with E-state index >= 15 is 0 Å². The minimum atomic E-state index is -3.77. The first kappa shape index (κ1) is 21.3. The fourth-order valence-corrected chi connectivity index (χ4v) is 4.22. The molecule has 2 amide bonds. The number of carbonyl (C=O) groups is 2. The lowest BCUT2D eigenvalue weighted by Crippen LogP contribution is -2.41. The zero-order valence-electron chi connectivity index (χ0n) is 17.0. The lowest BCUT2D eigenvalue weighted by molar-refractivity contribution is 0.0847. The maximum atomic E-state index is 12.5. The summed E-state index contributed by atoms with van der Waals surface area (Å²) >= 11 is 0. The van der Waals surface area contributed by atoms with Crippen LogP contribution in [0.1, 0.15) is 26.5 Å². The second kappa shape index (κ2) is 8.69. The van der Waals surface area contributed by atoms with E-state index in [0.29, 0.717) is 11.3 Å². The SMILES string of the molecule is Cn1cc(C(=O)NNC(=O)c2ccc(S(=O)(=O)NCc3ccco3)cc2)c2ccccc21. The Labute approximate surface area is 184 Å². The summed E-state index contributed by atoms with van der Waals surface area (Å²) in [5.41, 5.74) is 6.24. The fraction of sp³-hybridized carbons (Fsp3) is 0.0909. The monoisotopic (exact) mass is 452 g/mol. The van der Waals surface area contributed by atoms with E-state index in [1.165, 1.54) is 30.5 Å². The van der Waals surface area contributed by atoms with Gasteiger partial charge in [0.1, 0.15) is 5.76 Å². The number of nitrogens with one attached hydrogen (secondary N) is 3. The van der Waals surface area contributed by atoms with Crippen molar-refractivity contribution in [1.29, 1.82) is 0 Å². The number of nitrogens with zero attached hydrogens (tertiary/aromatic N) is 1. The Morgan fingerprint density at radius 2 is 1.66 bits per heavy atom. The number of furan rings is 1. The summed E-state index contributed by atoms with van der Waals surface area (Å²) in [6.07, 6.45) is 3.14. The molecule has 9 nitrogen and oxygen atoms in total. The van der Waals surface area contributed by atoms with Gasteiger partial charge in [-0.05, 0) is 42.5 Å². The zero-order chi connectivity index (χ0) is 22.7. The maximum Gasteiger partial charge on any atom is 0.271 e. The number of sulfonamides is 1. The summed E-state index contributed by atoms with van der Waals surface area (Å²) in [6, 6.07) is 16.1. The number of benzene rings is 2. The van der Waals surface area contributed by atoms with Crippen LogP contribution in [0.15, 0.2) is 82.4 Å². The Kier molecular flexibility index (Phi) is 5.80. The van der Waals surface area contributed by atoms with E-state index in [2.05, 4.69) is 15.6 Å². The molecule has 0 radical (unpaired) electrons. The van der Waals surface area contributed by atoms with Crippen LogP contribution in [0.5, 0.6) is 0 Å². The molecule has 0 saturated carbocycles. The van der Waals surface area contributed by atoms with Crippen molar-refractivity contribution in [1.82, 2.24) is 20.1 Å². The molecule has 4 aromatic rings. The number of carbonyl (C=O) groups excluding carboxylic acids is 2. The molecule has 10 heteroatoms. The normalized spacial score (nSPS) is 11.4. The van der Waals surface area contributed by atoms with Gasteiger partial charge in [-0.1, -0.05) is 18.2 Å². The molecule has 2 aromatic carbocycles. The lowest BCUT2D eigenvalue weighted by Gasteiger charge is -2.08. The number of aromatic nitrogens is 1. The first-order chi connectivity index (χ1) is 15.3. The summed E-state index contributed by atoms with van der Waals surface area (Å²) in [6.45, 7) is 0.0117. The Bertz CT molecular complexity index is 1370. The Morgan fingerprint density at radius 1 is 0.938 bits per heavy atom. The first-order valence-electron chi connectivity index (χ1n) is 9.62. The van der Waals surface area contributed by atoms with Gasteiger partial charge in [0.05, 0.1) is 23.3 Å². The average Bonchev–Trinajstić information content (AvgIpc) is 3.44. The highest BCUT2D eigenvalue weighted by molar-refractivity contribution is 7.89. The van der Waals surface area contributed by atoms with Gasteiger partial charge in [-0.25, -0.2) is 13.1 Å². The molecular weight excluding hydrogens is 432 g/mol. The third-order valence-corrected chi connectivity index (χ3v) is 6.29. The predicted octanol–water partition coefficient (Wildman–Crippen LogP) is 2.32. The highest BCUT2D eigenvalue weighted by Gasteiger charge is 2.17. The van der Waals surface area contributed by atoms with Crippen molar-refractivity contribution in [3.05, 3.63) is 90.0 Å². The van der Waals surface area contributed by atoms with Crippen molar-refractivity contribution in [2.24, 2.45) is 7.05 Å². The number of para-hydroxylation sites is 1. The van der Waals surface area contributed by atoms with Gasteiger partial charge in [-0.2, -0.15) is 0 Å². The van der Waals surface area contributed by atoms with E-state index < -0.39 is 21.8 Å². The smallest absolute Gasteiger partial charge is 0.271 e. The van der Waals surface area contributed by atoms with E-state index in [1.807, 2.05) is 35.9 Å². The predicted molar refractivity (Wildman–Crippen MR) is 117 cm³/mol. The Balaban J connectivity index is 1.39. The van der Waals surface area contributed by atoms with Crippen LogP contribution in [0.4, 0.5) is 0 Å². The standard InChI is InChI=1S/C22H20N4O5S/c1-26-14-19(18-6-2-3-7-20(18)26)22(28)25-24-21(27)15-8-10-17(11-9-15)32(29,30)23-13-16-5-4-12-31-16/h2-12,14,23H,13H2,1H3,(H,24,27)(H,25,28). The van der Waals surface area contributed by atoms with Crippen LogP contribution >= 0.6 is 0 Å². The van der Waals surface area contributed by atoms with Gasteiger partial charge in [0.25, 0.3) is 11.8 Å². The summed E-state index contributed by atoms with van der Waals surface area (Å²) in [5, 5.41) is 0.762. The van der Waals surface area contributed by atoms with Crippen molar-refractivity contribution in [3.63, 3.8) is 0 Å². The molecule has 0 atom stereocenters. The van der Waals surface area contributed by atoms with Crippen molar-refractivity contribution < 1.29 is 22.4 Å². The summed E-state index contributed by atoms with van der Waals surface area (Å²) in [4.78, 5) is 24.9. The number of aryl methyl sites for hydroxylation is 1. The van der Waals surface area contributed by atoms with Gasteiger partial charge in [0.15, 0.2) is 0 Å². The first-order valence-corrected chi connectivity index (χ1v) is 11.1. The molecule has 32 heavy (non-hydrogen) atoms. The molecular formula is C22H20N4O5S. The molecule has 0 aliphatic rings. The molecule has 2 heterocycles. The third-order valence-electron chi connectivity index (χ3n) is 4.87. The largest absolute Gasteiger partial charge is 0.468 e. The van der Waals surface area contributed by atoms with E-state index in [4.69, 9.17) is 4.42 Å². The lowest BCUT2D eigenvalue weighted by atomic mass is 10.2. The number of hydrazine groups is 1. The summed E-state index contributed by atoms with van der Waals surface area (Å²) in [5.74, 6) is -0.561. The Morgan fingerprint density at radius 3 is 2.38 bits per heavy atom. The van der Waals surface area contributed by atoms with Crippen LogP contribution in [0, 0.1) is 0 Å². The van der Waals surface area contributed by atoms with Crippen molar-refractivity contribution >= 4 is 32.7 Å². The van der Waals surface area contributed by atoms with Crippen LogP contribution in [0.2, 0.25) is 0 Å². The molecule has 4 rings (SSSR count). The minimum absolute atomic E-state index is 0.000368. The van der Waals surface area contributed by atoms with E-state index in [9.17, 15) is 18.0 Å². The average molecular weight is 452 g/mol. The number of rotatable bonds is 6. The van der Waals surface area contributed by atoms with Gasteiger partial charge < -0.3 is 8.98 Å². The molecule has 0 aliphatic heterocycles. The number of hydrogen-bond acceptors (Lipinski definition) is 5. The van der Waals surface area contributed by atoms with Gasteiger partial charge in [-0.15, -0.1) is 0 Å². The van der Waals surface area contributed by atoms with Gasteiger partial charge >= 0.3 is 0 Å². The minimum Gasteiger partial charge on any atom is -0.468 e. The summed E-state index contributed by atoms with van der Waals surface area (Å²) in [7, 11) is -1.94. The molecule has 164 valence electrons. The van der Waals surface area contributed by atoms with E-state index in [-0.39, 0.29) is 17.0 Å². The van der Waals surface area contributed by atoms with Gasteiger partial charge in [0.2, 0.25) is 10.0 Å². The quantitative estimate of drug-likeness (QED) is 0.388. The van der Waals surface area contributed by atoms with Crippen LogP contribution in [0.25, 0.3) is 10.9 Å². The number of amides is 2. The van der Waals surface area contributed by atoms with Crippen LogP contribution < -0.4 is 15.6 Å². The van der Waals surface area contributed by atoms with Gasteiger partial charge in [0, 0.05) is 29.7 Å². The molecule has 0 unspecified atom stereocenters. The molecule has 0 bridgehead atoms. The Hall–Kier alpha value is -3.89. The number of hydrogen-bond donors (Lipinski definition) is 3. The fourth-order valence-electron chi connectivity index (χ4n) is 3.22. The van der Waals surface area contributed by atoms with Crippen molar-refractivity contribution in [2.45, 2.75) is 11.4 Å². The van der Waals surface area contributed by atoms with E-state index in [1.54, 1.807) is 18.3 Å². The molecule has 2 aromatic heterocycles. The highest BCUT2D eigenvalue weighted by Crippen LogP contribution is 2.20.